The van der Waals surface area contributed by atoms with Crippen molar-refractivity contribution < 1.29 is 0 Å². The number of halogens is 1. The third-order valence-corrected chi connectivity index (χ3v) is 2.94. The van der Waals surface area contributed by atoms with Crippen LogP contribution in [0, 0.1) is 0 Å². The zero-order chi connectivity index (χ0) is 9.26. The standard InChI is InChI=1S/C9H12BrN3/c1-13-4-2-3-9(13)8-5-7(10)6-11-12-8/h5-6,9H,2-4H2,1H3. The van der Waals surface area contributed by atoms with Crippen LogP contribution in [0.2, 0.25) is 0 Å². The van der Waals surface area contributed by atoms with Crippen molar-refractivity contribution in [3.63, 3.8) is 0 Å². The molecule has 0 amide bonds. The number of nitrogens with zero attached hydrogens (tertiary/aromatic N) is 3. The van der Waals surface area contributed by atoms with Crippen molar-refractivity contribution in [1.29, 1.82) is 0 Å². The highest BCUT2D eigenvalue weighted by Gasteiger charge is 2.23. The van der Waals surface area contributed by atoms with Crippen LogP contribution in [0.1, 0.15) is 24.6 Å². The molecule has 1 aromatic heterocycles. The van der Waals surface area contributed by atoms with E-state index < -0.39 is 0 Å². The van der Waals surface area contributed by atoms with Gasteiger partial charge in [0.1, 0.15) is 0 Å². The Balaban J connectivity index is 2.24. The predicted molar refractivity (Wildman–Crippen MR) is 54.3 cm³/mol. The summed E-state index contributed by atoms with van der Waals surface area (Å²) in [5.74, 6) is 0. The van der Waals surface area contributed by atoms with Crippen LogP contribution in [0.4, 0.5) is 0 Å². The summed E-state index contributed by atoms with van der Waals surface area (Å²) >= 11 is 3.41. The second-order valence-corrected chi connectivity index (χ2v) is 4.35. The Kier molecular flexibility index (Phi) is 2.60. The predicted octanol–water partition coefficient (Wildman–Crippen LogP) is 2.01. The quantitative estimate of drug-likeness (QED) is 0.754. The molecule has 0 bridgehead atoms. The molecule has 0 spiro atoms. The van der Waals surface area contributed by atoms with E-state index in [9.17, 15) is 0 Å². The first-order chi connectivity index (χ1) is 6.27. The highest BCUT2D eigenvalue weighted by atomic mass is 79.9. The SMILES string of the molecule is CN1CCCC1c1cc(Br)cnn1. The molecule has 1 aliphatic rings. The van der Waals surface area contributed by atoms with Crippen LogP contribution < -0.4 is 0 Å². The maximum atomic E-state index is 4.15. The fourth-order valence-electron chi connectivity index (χ4n) is 1.80. The van der Waals surface area contributed by atoms with Gasteiger partial charge in [0.2, 0.25) is 0 Å². The summed E-state index contributed by atoms with van der Waals surface area (Å²) in [4.78, 5) is 2.33. The van der Waals surface area contributed by atoms with E-state index in [0.29, 0.717) is 6.04 Å². The molecule has 0 radical (unpaired) electrons. The largest absolute Gasteiger partial charge is 0.298 e. The molecule has 2 rings (SSSR count). The third-order valence-electron chi connectivity index (χ3n) is 2.50. The average Bonchev–Trinajstić information content (AvgIpc) is 2.51. The number of hydrogen-bond acceptors (Lipinski definition) is 3. The molecule has 2 heterocycles. The van der Waals surface area contributed by atoms with E-state index in [-0.39, 0.29) is 0 Å². The van der Waals surface area contributed by atoms with Crippen LogP contribution in [0.3, 0.4) is 0 Å². The molecule has 1 aromatic rings. The van der Waals surface area contributed by atoms with Gasteiger partial charge in [0.05, 0.1) is 17.9 Å². The van der Waals surface area contributed by atoms with Crippen LogP contribution in [0.5, 0.6) is 0 Å². The summed E-state index contributed by atoms with van der Waals surface area (Å²) in [5, 5.41) is 8.09. The Labute approximate surface area is 86.3 Å². The Bertz CT molecular complexity index is 303. The molecule has 1 atom stereocenters. The molecule has 1 fully saturated rings. The molecule has 1 saturated heterocycles. The van der Waals surface area contributed by atoms with Gasteiger partial charge in [0, 0.05) is 4.47 Å². The second-order valence-electron chi connectivity index (χ2n) is 3.44. The van der Waals surface area contributed by atoms with E-state index in [2.05, 4.69) is 44.1 Å². The van der Waals surface area contributed by atoms with Crippen molar-refractivity contribution in [3.05, 3.63) is 22.4 Å². The van der Waals surface area contributed by atoms with Crippen LogP contribution in [-0.2, 0) is 0 Å². The zero-order valence-corrected chi connectivity index (χ0v) is 9.16. The highest BCUT2D eigenvalue weighted by Crippen LogP contribution is 2.29. The monoisotopic (exact) mass is 241 g/mol. The van der Waals surface area contributed by atoms with Crippen LogP contribution >= 0.6 is 15.9 Å². The Morgan fingerprint density at radius 1 is 1.62 bits per heavy atom. The maximum Gasteiger partial charge on any atom is 0.0813 e. The summed E-state index contributed by atoms with van der Waals surface area (Å²) in [6, 6.07) is 2.52. The van der Waals surface area contributed by atoms with Crippen molar-refractivity contribution in [1.82, 2.24) is 15.1 Å². The average molecular weight is 242 g/mol. The van der Waals surface area contributed by atoms with Gasteiger partial charge in [0.25, 0.3) is 0 Å². The van der Waals surface area contributed by atoms with Gasteiger partial charge in [0.15, 0.2) is 0 Å². The fourth-order valence-corrected chi connectivity index (χ4v) is 2.13. The van der Waals surface area contributed by atoms with Crippen LogP contribution in [0.15, 0.2) is 16.7 Å². The van der Waals surface area contributed by atoms with Gasteiger partial charge < -0.3 is 0 Å². The zero-order valence-electron chi connectivity index (χ0n) is 7.57. The van der Waals surface area contributed by atoms with Crippen LogP contribution in [0.25, 0.3) is 0 Å². The first kappa shape index (κ1) is 9.09. The number of likely N-dealkylation sites (tertiary alicyclic amines) is 1. The van der Waals surface area contributed by atoms with Gasteiger partial charge in [-0.1, -0.05) is 0 Å². The minimum atomic E-state index is 0.463. The van der Waals surface area contributed by atoms with Crippen molar-refractivity contribution in [2.45, 2.75) is 18.9 Å². The van der Waals surface area contributed by atoms with Crippen molar-refractivity contribution in [2.75, 3.05) is 13.6 Å². The normalized spacial score (nSPS) is 23.7. The summed E-state index contributed by atoms with van der Waals surface area (Å²) < 4.78 is 1.01. The molecule has 70 valence electrons. The minimum absolute atomic E-state index is 0.463. The summed E-state index contributed by atoms with van der Waals surface area (Å²) in [6.45, 7) is 1.17. The van der Waals surface area contributed by atoms with Crippen molar-refractivity contribution >= 4 is 15.9 Å². The number of rotatable bonds is 1. The lowest BCUT2D eigenvalue weighted by atomic mass is 10.1. The van der Waals surface area contributed by atoms with Gasteiger partial charge in [-0.3, -0.25) is 4.90 Å². The lowest BCUT2D eigenvalue weighted by Gasteiger charge is -2.17. The minimum Gasteiger partial charge on any atom is -0.298 e. The molecule has 4 heteroatoms. The molecule has 0 saturated carbocycles. The van der Waals surface area contributed by atoms with E-state index >= 15 is 0 Å². The van der Waals surface area contributed by atoms with E-state index in [1.807, 2.05) is 0 Å². The lowest BCUT2D eigenvalue weighted by molar-refractivity contribution is 0.310. The van der Waals surface area contributed by atoms with E-state index in [4.69, 9.17) is 0 Å². The molecular weight excluding hydrogens is 230 g/mol. The van der Waals surface area contributed by atoms with Gasteiger partial charge in [-0.15, -0.1) is 0 Å². The van der Waals surface area contributed by atoms with Gasteiger partial charge >= 0.3 is 0 Å². The lowest BCUT2D eigenvalue weighted by Crippen LogP contribution is -2.18. The fraction of sp³-hybridized carbons (Fsp3) is 0.556. The molecule has 3 nitrogen and oxygen atoms in total. The molecular formula is C9H12BrN3. The number of hydrogen-bond donors (Lipinski definition) is 0. The first-order valence-corrected chi connectivity index (χ1v) is 5.25. The molecule has 0 aromatic carbocycles. The van der Waals surface area contributed by atoms with Crippen molar-refractivity contribution in [3.8, 4) is 0 Å². The second kappa shape index (κ2) is 3.72. The number of aromatic nitrogens is 2. The summed E-state index contributed by atoms with van der Waals surface area (Å²) in [5.41, 5.74) is 1.08. The Morgan fingerprint density at radius 2 is 2.46 bits per heavy atom. The van der Waals surface area contributed by atoms with Gasteiger partial charge in [-0.25, -0.2) is 0 Å². The maximum absolute atomic E-state index is 4.15. The molecule has 1 unspecified atom stereocenters. The Hall–Kier alpha value is -0.480. The molecule has 13 heavy (non-hydrogen) atoms. The Morgan fingerprint density at radius 3 is 3.08 bits per heavy atom. The summed E-state index contributed by atoms with van der Waals surface area (Å²) in [6.07, 6.45) is 4.18. The van der Waals surface area contributed by atoms with Gasteiger partial charge in [-0.2, -0.15) is 10.2 Å². The smallest absolute Gasteiger partial charge is 0.0813 e. The topological polar surface area (TPSA) is 29.0 Å². The molecule has 0 aliphatic carbocycles. The van der Waals surface area contributed by atoms with Gasteiger partial charge in [-0.05, 0) is 48.4 Å². The molecule has 1 aliphatic heterocycles. The first-order valence-electron chi connectivity index (χ1n) is 4.46. The third kappa shape index (κ3) is 1.89. The highest BCUT2D eigenvalue weighted by molar-refractivity contribution is 9.10. The van der Waals surface area contributed by atoms with Crippen molar-refractivity contribution in [2.24, 2.45) is 0 Å². The van der Waals surface area contributed by atoms with E-state index in [1.54, 1.807) is 6.20 Å². The van der Waals surface area contributed by atoms with E-state index in [1.165, 1.54) is 19.4 Å². The van der Waals surface area contributed by atoms with Crippen LogP contribution in [-0.4, -0.2) is 28.7 Å². The summed E-state index contributed by atoms with van der Waals surface area (Å²) in [7, 11) is 2.14. The molecule has 0 N–H and O–H groups in total. The van der Waals surface area contributed by atoms with E-state index in [0.717, 1.165) is 10.2 Å².